The molecular weight excluding hydrogens is 300 g/mol. The standard InChI is InChI=1S/C20H24N2O2/c23-20(21-24-16-15-22-13-5-2-6-14-22)19-11-9-18(10-12-19)17-7-3-1-4-8-17/h1,3-4,7-12H,2,5-6,13-16H2,(H,21,23). The first-order valence-electron chi connectivity index (χ1n) is 8.63. The number of benzene rings is 2. The zero-order valence-electron chi connectivity index (χ0n) is 13.9. The maximum absolute atomic E-state index is 12.1. The molecule has 1 N–H and O–H groups in total. The molecule has 2 aromatic rings. The van der Waals surface area contributed by atoms with Gasteiger partial charge in [0.1, 0.15) is 0 Å². The van der Waals surface area contributed by atoms with Crippen molar-refractivity contribution in [3.8, 4) is 11.1 Å². The van der Waals surface area contributed by atoms with E-state index >= 15 is 0 Å². The third-order valence-electron chi connectivity index (χ3n) is 4.38. The molecule has 0 saturated carbocycles. The summed E-state index contributed by atoms with van der Waals surface area (Å²) < 4.78 is 0. The van der Waals surface area contributed by atoms with E-state index in [9.17, 15) is 4.79 Å². The molecule has 0 unspecified atom stereocenters. The number of likely N-dealkylation sites (tertiary alicyclic amines) is 1. The van der Waals surface area contributed by atoms with Gasteiger partial charge in [-0.2, -0.15) is 0 Å². The number of carbonyl (C=O) groups excluding carboxylic acids is 1. The summed E-state index contributed by atoms with van der Waals surface area (Å²) in [6, 6.07) is 17.7. The summed E-state index contributed by atoms with van der Waals surface area (Å²) >= 11 is 0. The summed E-state index contributed by atoms with van der Waals surface area (Å²) in [6.45, 7) is 3.66. The molecule has 0 spiro atoms. The van der Waals surface area contributed by atoms with Gasteiger partial charge in [0.05, 0.1) is 6.61 Å². The Hall–Kier alpha value is -2.17. The zero-order chi connectivity index (χ0) is 16.6. The molecular formula is C20H24N2O2. The second kappa shape index (κ2) is 8.62. The number of carbonyl (C=O) groups is 1. The van der Waals surface area contributed by atoms with Gasteiger partial charge in [0.15, 0.2) is 0 Å². The Balaban J connectivity index is 1.45. The highest BCUT2D eigenvalue weighted by Crippen LogP contribution is 2.19. The first-order valence-corrected chi connectivity index (χ1v) is 8.63. The lowest BCUT2D eigenvalue weighted by molar-refractivity contribution is 0.0206. The number of hydroxylamine groups is 1. The topological polar surface area (TPSA) is 41.6 Å². The van der Waals surface area contributed by atoms with Crippen LogP contribution in [0.3, 0.4) is 0 Å². The normalized spacial score (nSPS) is 15.2. The summed E-state index contributed by atoms with van der Waals surface area (Å²) in [4.78, 5) is 19.8. The Morgan fingerprint density at radius 1 is 0.917 bits per heavy atom. The fourth-order valence-electron chi connectivity index (χ4n) is 2.98. The lowest BCUT2D eigenvalue weighted by Crippen LogP contribution is -2.35. The van der Waals surface area contributed by atoms with E-state index < -0.39 is 0 Å². The van der Waals surface area contributed by atoms with Crippen LogP contribution in [0.4, 0.5) is 0 Å². The molecule has 1 fully saturated rings. The number of piperidine rings is 1. The Bertz CT molecular complexity index is 634. The molecule has 0 aliphatic carbocycles. The van der Waals surface area contributed by atoms with Crippen LogP contribution in [0, 0.1) is 0 Å². The van der Waals surface area contributed by atoms with Crippen LogP contribution in [0.5, 0.6) is 0 Å². The SMILES string of the molecule is O=C(NOCCN1CCCCC1)c1ccc(-c2ccccc2)cc1. The maximum Gasteiger partial charge on any atom is 0.274 e. The van der Waals surface area contributed by atoms with Crippen LogP contribution in [-0.2, 0) is 4.84 Å². The predicted octanol–water partition coefficient (Wildman–Crippen LogP) is 3.50. The van der Waals surface area contributed by atoms with E-state index in [1.165, 1.54) is 19.3 Å². The van der Waals surface area contributed by atoms with Gasteiger partial charge in [-0.3, -0.25) is 9.63 Å². The molecule has 1 heterocycles. The third kappa shape index (κ3) is 4.66. The summed E-state index contributed by atoms with van der Waals surface area (Å²) in [6.07, 6.45) is 3.85. The van der Waals surface area contributed by atoms with Gasteiger partial charge in [-0.15, -0.1) is 0 Å². The van der Waals surface area contributed by atoms with Crippen molar-refractivity contribution < 1.29 is 9.63 Å². The first-order chi connectivity index (χ1) is 11.8. The minimum atomic E-state index is -0.201. The number of rotatable bonds is 6. The molecule has 1 saturated heterocycles. The summed E-state index contributed by atoms with van der Waals surface area (Å²) in [7, 11) is 0. The maximum atomic E-state index is 12.1. The van der Waals surface area contributed by atoms with Gasteiger partial charge in [0.25, 0.3) is 5.91 Å². The molecule has 2 aromatic carbocycles. The highest BCUT2D eigenvalue weighted by Gasteiger charge is 2.10. The molecule has 0 aromatic heterocycles. The van der Waals surface area contributed by atoms with Crippen molar-refractivity contribution >= 4 is 5.91 Å². The third-order valence-corrected chi connectivity index (χ3v) is 4.38. The number of hydrogen-bond donors (Lipinski definition) is 1. The summed E-state index contributed by atoms with van der Waals surface area (Å²) in [5, 5.41) is 0. The molecule has 0 atom stereocenters. The average molecular weight is 324 g/mol. The second-order valence-electron chi connectivity index (χ2n) is 6.13. The van der Waals surface area contributed by atoms with Crippen LogP contribution < -0.4 is 5.48 Å². The predicted molar refractivity (Wildman–Crippen MR) is 95.6 cm³/mol. The molecule has 1 aliphatic rings. The van der Waals surface area contributed by atoms with Gasteiger partial charge in [-0.1, -0.05) is 48.9 Å². The van der Waals surface area contributed by atoms with Gasteiger partial charge >= 0.3 is 0 Å². The van der Waals surface area contributed by atoms with Gasteiger partial charge in [-0.25, -0.2) is 5.48 Å². The number of nitrogens with zero attached hydrogens (tertiary/aromatic N) is 1. The van der Waals surface area contributed by atoms with Gasteiger partial charge in [-0.05, 0) is 49.2 Å². The lowest BCUT2D eigenvalue weighted by atomic mass is 10.0. The van der Waals surface area contributed by atoms with E-state index in [1.807, 2.05) is 42.5 Å². The van der Waals surface area contributed by atoms with E-state index in [-0.39, 0.29) is 5.91 Å². The minimum Gasteiger partial charge on any atom is -0.301 e. The van der Waals surface area contributed by atoms with Crippen molar-refractivity contribution in [2.45, 2.75) is 19.3 Å². The van der Waals surface area contributed by atoms with Gasteiger partial charge in [0.2, 0.25) is 0 Å². The van der Waals surface area contributed by atoms with Crippen molar-refractivity contribution in [1.82, 2.24) is 10.4 Å². The molecule has 3 rings (SSSR count). The average Bonchev–Trinajstić information content (AvgIpc) is 2.67. The molecule has 126 valence electrons. The van der Waals surface area contributed by atoms with Crippen LogP contribution in [-0.4, -0.2) is 37.0 Å². The van der Waals surface area contributed by atoms with E-state index in [0.29, 0.717) is 12.2 Å². The Kier molecular flexibility index (Phi) is 5.99. The molecule has 4 nitrogen and oxygen atoms in total. The van der Waals surface area contributed by atoms with Crippen molar-refractivity contribution in [3.05, 3.63) is 60.2 Å². The van der Waals surface area contributed by atoms with E-state index in [2.05, 4.69) is 22.5 Å². The molecule has 24 heavy (non-hydrogen) atoms. The Labute approximate surface area is 143 Å². The number of amides is 1. The Morgan fingerprint density at radius 2 is 1.58 bits per heavy atom. The zero-order valence-corrected chi connectivity index (χ0v) is 13.9. The molecule has 1 amide bonds. The van der Waals surface area contributed by atoms with Crippen molar-refractivity contribution in [3.63, 3.8) is 0 Å². The molecule has 1 aliphatic heterocycles. The number of nitrogens with one attached hydrogen (secondary N) is 1. The highest BCUT2D eigenvalue weighted by atomic mass is 16.6. The second-order valence-corrected chi connectivity index (χ2v) is 6.13. The van der Waals surface area contributed by atoms with Crippen LogP contribution in [0.2, 0.25) is 0 Å². The van der Waals surface area contributed by atoms with E-state index in [4.69, 9.17) is 4.84 Å². The van der Waals surface area contributed by atoms with Crippen molar-refractivity contribution in [2.75, 3.05) is 26.2 Å². The quantitative estimate of drug-likeness (QED) is 0.653. The van der Waals surface area contributed by atoms with Crippen LogP contribution >= 0.6 is 0 Å². The van der Waals surface area contributed by atoms with Crippen LogP contribution in [0.1, 0.15) is 29.6 Å². The van der Waals surface area contributed by atoms with Crippen molar-refractivity contribution in [1.29, 1.82) is 0 Å². The largest absolute Gasteiger partial charge is 0.301 e. The highest BCUT2D eigenvalue weighted by molar-refractivity contribution is 5.93. The minimum absolute atomic E-state index is 0.201. The van der Waals surface area contributed by atoms with Gasteiger partial charge in [0, 0.05) is 12.1 Å². The summed E-state index contributed by atoms with van der Waals surface area (Å²) in [5.74, 6) is -0.201. The van der Waals surface area contributed by atoms with Crippen molar-refractivity contribution in [2.24, 2.45) is 0 Å². The Morgan fingerprint density at radius 3 is 2.29 bits per heavy atom. The molecule has 4 heteroatoms. The fourth-order valence-corrected chi connectivity index (χ4v) is 2.98. The molecule has 0 radical (unpaired) electrons. The fraction of sp³-hybridized carbons (Fsp3) is 0.350. The monoisotopic (exact) mass is 324 g/mol. The van der Waals surface area contributed by atoms with E-state index in [0.717, 1.165) is 30.8 Å². The molecule has 0 bridgehead atoms. The lowest BCUT2D eigenvalue weighted by Gasteiger charge is -2.25. The number of hydrogen-bond acceptors (Lipinski definition) is 3. The van der Waals surface area contributed by atoms with Crippen LogP contribution in [0.25, 0.3) is 11.1 Å². The van der Waals surface area contributed by atoms with E-state index in [1.54, 1.807) is 0 Å². The first kappa shape index (κ1) is 16.7. The smallest absolute Gasteiger partial charge is 0.274 e. The summed E-state index contributed by atoms with van der Waals surface area (Å²) in [5.41, 5.74) is 5.37. The van der Waals surface area contributed by atoms with Crippen LogP contribution in [0.15, 0.2) is 54.6 Å². The van der Waals surface area contributed by atoms with Gasteiger partial charge < -0.3 is 4.90 Å².